The van der Waals surface area contributed by atoms with E-state index in [0.717, 1.165) is 3.57 Å². The molecule has 1 N–H and O–H groups in total. The first kappa shape index (κ1) is 15.9. The first-order chi connectivity index (χ1) is 9.97. The van der Waals surface area contributed by atoms with Gasteiger partial charge in [-0.15, -0.1) is 0 Å². The summed E-state index contributed by atoms with van der Waals surface area (Å²) in [6, 6.07) is 11.6. The molecule has 0 aromatic heterocycles. The number of hydrogen-bond acceptors (Lipinski definition) is 4. The number of benzene rings is 2. The van der Waals surface area contributed by atoms with Gasteiger partial charge in [0, 0.05) is 9.64 Å². The van der Waals surface area contributed by atoms with E-state index in [1.54, 1.807) is 18.2 Å². The lowest BCUT2D eigenvalue weighted by Gasteiger charge is -2.12. The second-order valence-electron chi connectivity index (χ2n) is 4.10. The fourth-order valence-corrected chi connectivity index (χ4v) is 3.53. The molecule has 2 aromatic carbocycles. The van der Waals surface area contributed by atoms with Crippen molar-refractivity contribution in [2.45, 2.75) is 4.90 Å². The summed E-state index contributed by atoms with van der Waals surface area (Å²) in [5.41, 5.74) is 0.535. The lowest BCUT2D eigenvalue weighted by molar-refractivity contribution is 0.354. The van der Waals surface area contributed by atoms with Gasteiger partial charge >= 0.3 is 0 Å². The van der Waals surface area contributed by atoms with Gasteiger partial charge in [0.1, 0.15) is 0 Å². The van der Waals surface area contributed by atoms with Crippen molar-refractivity contribution in [2.75, 3.05) is 18.9 Å². The number of ether oxygens (including phenoxy) is 2. The number of para-hydroxylation sites is 1. The quantitative estimate of drug-likeness (QED) is 0.757. The van der Waals surface area contributed by atoms with Gasteiger partial charge in [-0.05, 0) is 46.9 Å². The summed E-state index contributed by atoms with van der Waals surface area (Å²) in [5.74, 6) is 0.842. The Morgan fingerprint density at radius 2 is 1.67 bits per heavy atom. The lowest BCUT2D eigenvalue weighted by atomic mass is 10.3. The van der Waals surface area contributed by atoms with Crippen LogP contribution in [0.1, 0.15) is 0 Å². The molecule has 0 aliphatic heterocycles. The van der Waals surface area contributed by atoms with Crippen molar-refractivity contribution in [3.05, 3.63) is 46.0 Å². The molecule has 0 aliphatic carbocycles. The molecule has 0 amide bonds. The molecule has 0 bridgehead atoms. The topological polar surface area (TPSA) is 64.6 Å². The number of rotatable bonds is 5. The standard InChI is InChI=1S/C14H14INO4S/c1-19-13-8-7-10(9-14(13)20-2)21(17,18)16-12-6-4-3-5-11(12)15/h3-9,16H,1-2H3. The molecule has 5 nitrogen and oxygen atoms in total. The van der Waals surface area contributed by atoms with Crippen LogP contribution in [0.2, 0.25) is 0 Å². The Morgan fingerprint density at radius 3 is 2.29 bits per heavy atom. The van der Waals surface area contributed by atoms with Crippen LogP contribution in [0.4, 0.5) is 5.69 Å². The molecule has 21 heavy (non-hydrogen) atoms. The van der Waals surface area contributed by atoms with Crippen LogP contribution in [-0.2, 0) is 10.0 Å². The SMILES string of the molecule is COc1ccc(S(=O)(=O)Nc2ccccc2I)cc1OC. The summed E-state index contributed by atoms with van der Waals surface area (Å²) in [7, 11) is -0.727. The summed E-state index contributed by atoms with van der Waals surface area (Å²) in [6.07, 6.45) is 0. The zero-order chi connectivity index (χ0) is 15.5. The molecular formula is C14H14INO4S. The molecule has 0 saturated heterocycles. The van der Waals surface area contributed by atoms with Gasteiger partial charge in [-0.2, -0.15) is 0 Å². The van der Waals surface area contributed by atoms with E-state index in [1.807, 2.05) is 12.1 Å². The van der Waals surface area contributed by atoms with Crippen molar-refractivity contribution in [3.8, 4) is 11.5 Å². The van der Waals surface area contributed by atoms with Crippen LogP contribution in [0, 0.1) is 3.57 Å². The number of methoxy groups -OCH3 is 2. The van der Waals surface area contributed by atoms with Gasteiger partial charge in [0.05, 0.1) is 24.8 Å². The van der Waals surface area contributed by atoms with Gasteiger partial charge in [-0.1, -0.05) is 12.1 Å². The number of hydrogen-bond donors (Lipinski definition) is 1. The lowest BCUT2D eigenvalue weighted by Crippen LogP contribution is -2.14. The third-order valence-corrected chi connectivity index (χ3v) is 5.09. The van der Waals surface area contributed by atoms with Crippen LogP contribution in [0.25, 0.3) is 0 Å². The minimum absolute atomic E-state index is 0.111. The van der Waals surface area contributed by atoms with E-state index in [1.165, 1.54) is 26.4 Å². The third-order valence-electron chi connectivity index (χ3n) is 2.78. The zero-order valence-corrected chi connectivity index (χ0v) is 14.4. The molecule has 7 heteroatoms. The van der Waals surface area contributed by atoms with Crippen LogP contribution >= 0.6 is 22.6 Å². The van der Waals surface area contributed by atoms with Crippen LogP contribution in [0.5, 0.6) is 11.5 Å². The molecule has 0 spiro atoms. The Hall–Kier alpha value is -1.48. The Balaban J connectivity index is 2.38. The monoisotopic (exact) mass is 419 g/mol. The molecule has 0 aliphatic rings. The van der Waals surface area contributed by atoms with Gasteiger partial charge in [-0.3, -0.25) is 4.72 Å². The predicted octanol–water partition coefficient (Wildman–Crippen LogP) is 3.11. The summed E-state index contributed by atoms with van der Waals surface area (Å²) >= 11 is 2.07. The van der Waals surface area contributed by atoms with Crippen molar-refractivity contribution < 1.29 is 17.9 Å². The van der Waals surface area contributed by atoms with Crippen molar-refractivity contribution >= 4 is 38.3 Å². The largest absolute Gasteiger partial charge is 0.493 e. The number of halogens is 1. The van der Waals surface area contributed by atoms with Gasteiger partial charge < -0.3 is 9.47 Å². The molecule has 0 fully saturated rings. The minimum Gasteiger partial charge on any atom is -0.493 e. The molecule has 112 valence electrons. The molecule has 0 unspecified atom stereocenters. The van der Waals surface area contributed by atoms with E-state index in [2.05, 4.69) is 27.3 Å². The Bertz CT molecular complexity index is 746. The summed E-state index contributed by atoms with van der Waals surface area (Å²) in [5, 5.41) is 0. The summed E-state index contributed by atoms with van der Waals surface area (Å²) in [6.45, 7) is 0. The van der Waals surface area contributed by atoms with Gasteiger partial charge in [-0.25, -0.2) is 8.42 Å². The number of anilines is 1. The van der Waals surface area contributed by atoms with Crippen molar-refractivity contribution in [3.63, 3.8) is 0 Å². The maximum Gasteiger partial charge on any atom is 0.262 e. The van der Waals surface area contributed by atoms with Crippen molar-refractivity contribution in [1.82, 2.24) is 0 Å². The van der Waals surface area contributed by atoms with Crippen LogP contribution in [-0.4, -0.2) is 22.6 Å². The second-order valence-corrected chi connectivity index (χ2v) is 6.95. The number of sulfonamides is 1. The highest BCUT2D eigenvalue weighted by atomic mass is 127. The van der Waals surface area contributed by atoms with Gasteiger partial charge in [0.25, 0.3) is 10.0 Å². The predicted molar refractivity (Wildman–Crippen MR) is 89.5 cm³/mol. The molecular weight excluding hydrogens is 405 g/mol. The minimum atomic E-state index is -3.68. The fraction of sp³-hybridized carbons (Fsp3) is 0.143. The van der Waals surface area contributed by atoms with E-state index in [-0.39, 0.29) is 4.90 Å². The van der Waals surface area contributed by atoms with E-state index in [9.17, 15) is 8.42 Å². The van der Waals surface area contributed by atoms with Gasteiger partial charge in [0.15, 0.2) is 11.5 Å². The summed E-state index contributed by atoms with van der Waals surface area (Å²) < 4.78 is 38.4. The highest BCUT2D eigenvalue weighted by molar-refractivity contribution is 14.1. The van der Waals surface area contributed by atoms with Crippen molar-refractivity contribution in [1.29, 1.82) is 0 Å². The second kappa shape index (κ2) is 6.52. The normalized spacial score (nSPS) is 11.0. The Morgan fingerprint density at radius 1 is 1.00 bits per heavy atom. The highest BCUT2D eigenvalue weighted by Gasteiger charge is 2.18. The average molecular weight is 419 g/mol. The smallest absolute Gasteiger partial charge is 0.262 e. The highest BCUT2D eigenvalue weighted by Crippen LogP contribution is 2.30. The molecule has 0 heterocycles. The molecule has 0 atom stereocenters. The van der Waals surface area contributed by atoms with Crippen LogP contribution in [0.3, 0.4) is 0 Å². The van der Waals surface area contributed by atoms with Gasteiger partial charge in [0.2, 0.25) is 0 Å². The van der Waals surface area contributed by atoms with E-state index < -0.39 is 10.0 Å². The Labute approximate surface area is 137 Å². The maximum absolute atomic E-state index is 12.4. The Kier molecular flexibility index (Phi) is 4.94. The maximum atomic E-state index is 12.4. The number of nitrogens with one attached hydrogen (secondary N) is 1. The molecule has 0 radical (unpaired) electrons. The van der Waals surface area contributed by atoms with E-state index >= 15 is 0 Å². The first-order valence-electron chi connectivity index (χ1n) is 5.97. The van der Waals surface area contributed by atoms with Crippen molar-refractivity contribution in [2.24, 2.45) is 0 Å². The molecule has 2 rings (SSSR count). The molecule has 2 aromatic rings. The first-order valence-corrected chi connectivity index (χ1v) is 8.53. The van der Waals surface area contributed by atoms with E-state index in [4.69, 9.17) is 9.47 Å². The summed E-state index contributed by atoms with van der Waals surface area (Å²) in [4.78, 5) is 0.111. The third kappa shape index (κ3) is 3.59. The average Bonchev–Trinajstić information content (AvgIpc) is 2.48. The fourth-order valence-electron chi connectivity index (χ4n) is 1.73. The van der Waals surface area contributed by atoms with Crippen LogP contribution in [0.15, 0.2) is 47.4 Å². The van der Waals surface area contributed by atoms with E-state index in [0.29, 0.717) is 17.2 Å². The molecule has 0 saturated carbocycles. The van der Waals surface area contributed by atoms with Crippen LogP contribution < -0.4 is 14.2 Å². The zero-order valence-electron chi connectivity index (χ0n) is 11.5.